The maximum absolute atomic E-state index is 6.17. The van der Waals surface area contributed by atoms with Crippen LogP contribution in [0.15, 0.2) is 45.3 Å². The average Bonchev–Trinajstić information content (AvgIpc) is 2.96. The van der Waals surface area contributed by atoms with Gasteiger partial charge < -0.3 is 4.42 Å². The van der Waals surface area contributed by atoms with Gasteiger partial charge in [-0.25, -0.2) is 0 Å². The third-order valence-corrected chi connectivity index (χ3v) is 4.91. The van der Waals surface area contributed by atoms with E-state index in [1.165, 1.54) is 0 Å². The lowest BCUT2D eigenvalue weighted by atomic mass is 9.59. The molecule has 0 atom stereocenters. The molecule has 4 rings (SSSR count). The van der Waals surface area contributed by atoms with Crippen molar-refractivity contribution in [2.24, 2.45) is 0 Å². The monoisotopic (exact) mass is 372 g/mol. The van der Waals surface area contributed by atoms with E-state index in [0.29, 0.717) is 16.5 Å². The van der Waals surface area contributed by atoms with Gasteiger partial charge in [0, 0.05) is 15.2 Å². The highest BCUT2D eigenvalue weighted by Crippen LogP contribution is 2.33. The van der Waals surface area contributed by atoms with Crippen molar-refractivity contribution in [1.82, 2.24) is 0 Å². The first-order chi connectivity index (χ1) is 11.9. The van der Waals surface area contributed by atoms with E-state index in [-0.39, 0.29) is 16.4 Å². The fourth-order valence-electron chi connectivity index (χ4n) is 3.07. The van der Waals surface area contributed by atoms with Gasteiger partial charge in [-0.3, -0.25) is 0 Å². The first-order valence-electron chi connectivity index (χ1n) is 7.52. The number of rotatable bonds is 1. The Morgan fingerprint density at radius 3 is 1.80 bits per heavy atom. The normalized spacial score (nSPS) is 11.4. The van der Waals surface area contributed by atoms with Gasteiger partial charge in [0.2, 0.25) is 0 Å². The number of hydrogen-bond acceptors (Lipinski definition) is 1. The van der Waals surface area contributed by atoms with Gasteiger partial charge in [0.1, 0.15) is 50.4 Å². The zero-order valence-corrected chi connectivity index (χ0v) is 14.7. The summed E-state index contributed by atoms with van der Waals surface area (Å²) in [6.45, 7) is 0. The van der Waals surface area contributed by atoms with Gasteiger partial charge in [-0.1, -0.05) is 32.9 Å². The Morgan fingerprint density at radius 1 is 0.640 bits per heavy atom. The second-order valence-electron chi connectivity index (χ2n) is 5.90. The first kappa shape index (κ1) is 16.7. The molecule has 10 radical (unpaired) electrons. The van der Waals surface area contributed by atoms with Crippen LogP contribution in [0.4, 0.5) is 0 Å². The third-order valence-electron chi connectivity index (χ3n) is 4.42. The van der Waals surface area contributed by atoms with E-state index in [0.717, 1.165) is 32.0 Å². The molecule has 1 aromatic heterocycles. The molecule has 0 aliphatic carbocycles. The highest BCUT2D eigenvalue weighted by Gasteiger charge is 2.14. The fraction of sp³-hybridized carbons (Fsp3) is 0. The zero-order valence-electron chi connectivity index (χ0n) is 13.1. The lowest BCUT2D eigenvalue weighted by Crippen LogP contribution is -2.55. The van der Waals surface area contributed by atoms with Crippen molar-refractivity contribution in [3.63, 3.8) is 0 Å². The molecule has 25 heavy (non-hydrogen) atoms. The summed E-state index contributed by atoms with van der Waals surface area (Å²) in [4.78, 5) is 0. The van der Waals surface area contributed by atoms with E-state index < -0.39 is 0 Å². The molecule has 106 valence electrons. The van der Waals surface area contributed by atoms with Gasteiger partial charge >= 0.3 is 0 Å². The highest BCUT2D eigenvalue weighted by molar-refractivity contribution is 9.10. The second kappa shape index (κ2) is 5.91. The predicted octanol–water partition coefficient (Wildman–Crippen LogP) is -0.0155. The smallest absolute Gasteiger partial charge is 0.135 e. The molecule has 0 spiro atoms. The topological polar surface area (TPSA) is 13.1 Å². The van der Waals surface area contributed by atoms with Gasteiger partial charge in [0.25, 0.3) is 0 Å². The van der Waals surface area contributed by atoms with Gasteiger partial charge in [-0.15, -0.1) is 16.4 Å². The van der Waals surface area contributed by atoms with E-state index in [1.54, 1.807) is 0 Å². The van der Waals surface area contributed by atoms with Crippen molar-refractivity contribution in [3.8, 4) is 11.1 Å². The summed E-state index contributed by atoms with van der Waals surface area (Å²) in [6.07, 6.45) is 0. The molecule has 7 heteroatoms. The van der Waals surface area contributed by atoms with Crippen LogP contribution >= 0.6 is 15.9 Å². The maximum atomic E-state index is 6.17. The minimum Gasteiger partial charge on any atom is -0.456 e. The van der Waals surface area contributed by atoms with E-state index in [4.69, 9.17) is 43.6 Å². The van der Waals surface area contributed by atoms with Crippen LogP contribution in [0.25, 0.3) is 33.1 Å². The minimum absolute atomic E-state index is 0.206. The molecule has 0 N–H and O–H groups in total. The number of hydrogen-bond donors (Lipinski definition) is 0. The third kappa shape index (κ3) is 2.52. The molecular weight excluding hydrogens is 366 g/mol. The molecule has 0 saturated carbocycles. The average molecular weight is 372 g/mol. The van der Waals surface area contributed by atoms with Crippen molar-refractivity contribution >= 4 is 104 Å². The zero-order chi connectivity index (χ0) is 17.9. The molecule has 0 aliphatic rings. The summed E-state index contributed by atoms with van der Waals surface area (Å²) < 4.78 is 6.84. The number of fused-ring (bicyclic) bond motifs is 3. The predicted molar refractivity (Wildman–Crippen MR) is 114 cm³/mol. The SMILES string of the molecule is [B]c1c([B])c([B])c(-c2ccc3oc4ccc(Br)cc4c3c2)c([B])c1[B]. The molecular formula is C18H6B5BrO. The standard InChI is InChI=1S/C18H6B5BrO/c19-14-13(15(20)17(22)18(23)16(14)21)7-1-3-11-9(5-7)10-6-8(24)2-4-12(10)25-11/h1-6H. The Balaban J connectivity index is 2.06. The number of halogens is 1. The molecule has 0 amide bonds. The van der Waals surface area contributed by atoms with Crippen LogP contribution in [0.5, 0.6) is 0 Å². The van der Waals surface area contributed by atoms with Crippen LogP contribution < -0.4 is 27.3 Å². The van der Waals surface area contributed by atoms with Crippen LogP contribution in [-0.4, -0.2) is 39.2 Å². The second-order valence-corrected chi connectivity index (χ2v) is 6.81. The van der Waals surface area contributed by atoms with Gasteiger partial charge in [-0.05, 0) is 41.5 Å². The summed E-state index contributed by atoms with van der Waals surface area (Å²) in [5.74, 6) is 0. The molecule has 0 aliphatic heterocycles. The van der Waals surface area contributed by atoms with E-state index in [2.05, 4.69) is 15.9 Å². The van der Waals surface area contributed by atoms with Crippen molar-refractivity contribution in [2.75, 3.05) is 0 Å². The Labute approximate surface area is 160 Å². The van der Waals surface area contributed by atoms with Crippen molar-refractivity contribution < 1.29 is 4.42 Å². The van der Waals surface area contributed by atoms with Crippen molar-refractivity contribution in [3.05, 3.63) is 40.9 Å². The molecule has 0 saturated heterocycles. The first-order valence-corrected chi connectivity index (χ1v) is 8.31. The maximum Gasteiger partial charge on any atom is 0.135 e. The van der Waals surface area contributed by atoms with Crippen molar-refractivity contribution in [1.29, 1.82) is 0 Å². The lowest BCUT2D eigenvalue weighted by molar-refractivity contribution is 0.669. The highest BCUT2D eigenvalue weighted by atomic mass is 79.9. The quantitative estimate of drug-likeness (QED) is 0.429. The van der Waals surface area contributed by atoms with Crippen LogP contribution in [0.1, 0.15) is 0 Å². The number of furan rings is 1. The molecule has 1 heterocycles. The Kier molecular flexibility index (Phi) is 3.95. The fourth-order valence-corrected chi connectivity index (χ4v) is 3.43. The molecule has 3 aromatic carbocycles. The van der Waals surface area contributed by atoms with Crippen LogP contribution in [0, 0.1) is 0 Å². The van der Waals surface area contributed by atoms with Crippen LogP contribution in [-0.2, 0) is 0 Å². The summed E-state index contributed by atoms with van der Waals surface area (Å²) >= 11 is 3.49. The molecule has 0 bridgehead atoms. The molecule has 4 aromatic rings. The van der Waals surface area contributed by atoms with Crippen LogP contribution in [0.2, 0.25) is 0 Å². The Hall–Kier alpha value is -1.74. The summed E-state index contributed by atoms with van der Waals surface area (Å²) in [7, 11) is 30.2. The van der Waals surface area contributed by atoms with Gasteiger partial charge in [0.05, 0.1) is 0 Å². The summed E-state index contributed by atoms with van der Waals surface area (Å²) in [6, 6.07) is 11.6. The van der Waals surface area contributed by atoms with Gasteiger partial charge in [0.15, 0.2) is 0 Å². The van der Waals surface area contributed by atoms with E-state index in [9.17, 15) is 0 Å². The summed E-state index contributed by atoms with van der Waals surface area (Å²) in [5, 5.41) is 1.93. The lowest BCUT2D eigenvalue weighted by Gasteiger charge is -2.21. The molecule has 1 nitrogen and oxygen atoms in total. The van der Waals surface area contributed by atoms with E-state index >= 15 is 0 Å². The Morgan fingerprint density at radius 2 is 1.16 bits per heavy atom. The summed E-state index contributed by atoms with van der Waals surface area (Å²) in [5.41, 5.74) is 4.26. The largest absolute Gasteiger partial charge is 0.456 e. The van der Waals surface area contributed by atoms with Gasteiger partial charge in [-0.2, -0.15) is 0 Å². The van der Waals surface area contributed by atoms with Crippen molar-refractivity contribution in [2.45, 2.75) is 0 Å². The number of benzene rings is 3. The van der Waals surface area contributed by atoms with Crippen LogP contribution in [0.3, 0.4) is 0 Å². The molecule has 0 fully saturated rings. The minimum atomic E-state index is 0.206. The Bertz CT molecular complexity index is 1140. The molecule has 0 unspecified atom stereocenters. The van der Waals surface area contributed by atoms with E-state index in [1.807, 2.05) is 36.4 Å².